The summed E-state index contributed by atoms with van der Waals surface area (Å²) in [6.07, 6.45) is 9.41. The first-order valence-electron chi connectivity index (χ1n) is 12.9. The van der Waals surface area contributed by atoms with Gasteiger partial charge < -0.3 is 15.0 Å². The van der Waals surface area contributed by atoms with Crippen molar-refractivity contribution in [3.8, 4) is 0 Å². The Kier molecular flexibility index (Phi) is 5.00. The molecule has 172 valence electrons. The fourth-order valence-corrected chi connectivity index (χ4v) is 8.35. The van der Waals surface area contributed by atoms with Crippen LogP contribution in [0.2, 0.25) is 0 Å². The first-order valence-corrected chi connectivity index (χ1v) is 12.9. The van der Waals surface area contributed by atoms with Gasteiger partial charge in [0.2, 0.25) is 0 Å². The van der Waals surface area contributed by atoms with Gasteiger partial charge in [-0.2, -0.15) is 0 Å². The minimum atomic E-state index is -0.167. The number of fused-ring (bicyclic) bond motifs is 2. The second-order valence-electron chi connectivity index (χ2n) is 11.3. The molecule has 0 radical (unpaired) electrons. The van der Waals surface area contributed by atoms with Crippen molar-refractivity contribution in [1.29, 1.82) is 0 Å². The van der Waals surface area contributed by atoms with Crippen molar-refractivity contribution < 1.29 is 14.3 Å². The number of esters is 1. The largest absolute Gasteiger partial charge is 0.466 e. The molecule has 1 heterocycles. The minimum absolute atomic E-state index is 0.00652. The summed E-state index contributed by atoms with van der Waals surface area (Å²) in [7, 11) is 0. The van der Waals surface area contributed by atoms with Gasteiger partial charge in [-0.05, 0) is 93.1 Å². The fourth-order valence-electron chi connectivity index (χ4n) is 8.35. The number of benzene rings is 1. The number of nitrogens with one attached hydrogen (secondary N) is 1. The van der Waals surface area contributed by atoms with Crippen molar-refractivity contribution >= 4 is 12.0 Å². The maximum atomic E-state index is 13.2. The fraction of sp³-hybridized carbons (Fsp3) is 0.704. The van der Waals surface area contributed by atoms with Crippen molar-refractivity contribution in [2.24, 2.45) is 23.7 Å². The second-order valence-corrected chi connectivity index (χ2v) is 11.3. The van der Waals surface area contributed by atoms with E-state index in [-0.39, 0.29) is 23.3 Å². The van der Waals surface area contributed by atoms with E-state index < -0.39 is 0 Å². The van der Waals surface area contributed by atoms with E-state index in [0.717, 1.165) is 49.8 Å². The lowest BCUT2D eigenvalue weighted by Crippen LogP contribution is -2.59. The van der Waals surface area contributed by atoms with Gasteiger partial charge in [-0.3, -0.25) is 4.79 Å². The first-order chi connectivity index (χ1) is 15.6. The van der Waals surface area contributed by atoms with Crippen LogP contribution in [0, 0.1) is 23.7 Å². The van der Waals surface area contributed by atoms with Crippen molar-refractivity contribution in [3.63, 3.8) is 0 Å². The van der Waals surface area contributed by atoms with E-state index in [0.29, 0.717) is 24.5 Å². The Morgan fingerprint density at radius 3 is 2.34 bits per heavy atom. The maximum Gasteiger partial charge on any atom is 0.317 e. The zero-order valence-corrected chi connectivity index (χ0v) is 19.2. The number of amides is 2. The number of carbonyl (C=O) groups excluding carboxylic acids is 2. The second kappa shape index (κ2) is 7.78. The molecule has 5 heteroatoms. The molecular weight excluding hydrogens is 400 g/mol. The third-order valence-electron chi connectivity index (χ3n) is 9.60. The normalized spacial score (nSPS) is 36.2. The molecule has 1 aliphatic heterocycles. The molecule has 6 aliphatic rings. The van der Waals surface area contributed by atoms with Gasteiger partial charge in [0, 0.05) is 24.5 Å². The van der Waals surface area contributed by atoms with Crippen molar-refractivity contribution in [2.45, 2.75) is 75.7 Å². The van der Waals surface area contributed by atoms with Gasteiger partial charge in [0.05, 0.1) is 12.5 Å². The topological polar surface area (TPSA) is 58.6 Å². The van der Waals surface area contributed by atoms with E-state index in [1.807, 2.05) is 17.9 Å². The zero-order chi connectivity index (χ0) is 21.9. The standard InChI is InChI=1S/C27H36N2O3/c1-2-32-25(30)22-16-27(23-6-4-3-5-21(22)23)7-9-29(10-8-27)26(31)28-24-19-12-17-11-18(14-19)15-20(24)13-17/h3-6,17-20,22,24H,2,7-16H2,1H3,(H,28,31). The quantitative estimate of drug-likeness (QED) is 0.704. The molecule has 1 aromatic rings. The maximum absolute atomic E-state index is 13.2. The Balaban J connectivity index is 1.12. The molecule has 1 saturated heterocycles. The highest BCUT2D eigenvalue weighted by Crippen LogP contribution is 2.54. The molecule has 5 fully saturated rings. The van der Waals surface area contributed by atoms with Crippen LogP contribution in [0.3, 0.4) is 0 Å². The Morgan fingerprint density at radius 2 is 1.69 bits per heavy atom. The van der Waals surface area contributed by atoms with Crippen LogP contribution in [0.1, 0.15) is 75.3 Å². The molecule has 4 saturated carbocycles. The van der Waals surface area contributed by atoms with Crippen molar-refractivity contribution in [3.05, 3.63) is 35.4 Å². The van der Waals surface area contributed by atoms with Crippen LogP contribution in [0.4, 0.5) is 4.79 Å². The first kappa shape index (κ1) is 20.6. The Labute approximate surface area is 191 Å². The van der Waals surface area contributed by atoms with Gasteiger partial charge in [0.15, 0.2) is 0 Å². The average molecular weight is 437 g/mol. The molecule has 0 aromatic heterocycles. The van der Waals surface area contributed by atoms with Gasteiger partial charge in [-0.25, -0.2) is 4.79 Å². The lowest BCUT2D eigenvalue weighted by atomic mass is 9.54. The van der Waals surface area contributed by atoms with E-state index in [4.69, 9.17) is 4.74 Å². The van der Waals surface area contributed by atoms with Crippen molar-refractivity contribution in [1.82, 2.24) is 10.2 Å². The highest BCUT2D eigenvalue weighted by atomic mass is 16.5. The number of urea groups is 1. The van der Waals surface area contributed by atoms with Crippen LogP contribution in [0.25, 0.3) is 0 Å². The molecule has 1 N–H and O–H groups in total. The molecule has 1 atom stereocenters. The summed E-state index contributed by atoms with van der Waals surface area (Å²) in [4.78, 5) is 27.9. The number of hydrogen-bond acceptors (Lipinski definition) is 3. The molecule has 2 amide bonds. The molecular formula is C27H36N2O3. The van der Waals surface area contributed by atoms with Crippen LogP contribution in [-0.4, -0.2) is 42.6 Å². The van der Waals surface area contributed by atoms with Gasteiger partial charge in [0.25, 0.3) is 0 Å². The predicted molar refractivity (Wildman–Crippen MR) is 122 cm³/mol. The molecule has 5 nitrogen and oxygen atoms in total. The number of piperidine rings is 1. The lowest BCUT2D eigenvalue weighted by molar-refractivity contribution is -0.145. The lowest BCUT2D eigenvalue weighted by Gasteiger charge is -2.54. The monoisotopic (exact) mass is 436 g/mol. The number of likely N-dealkylation sites (tertiary alicyclic amines) is 1. The van der Waals surface area contributed by atoms with Crippen LogP contribution < -0.4 is 5.32 Å². The zero-order valence-electron chi connectivity index (χ0n) is 19.2. The Hall–Kier alpha value is -2.04. The van der Waals surface area contributed by atoms with Gasteiger partial charge in [0.1, 0.15) is 0 Å². The summed E-state index contributed by atoms with van der Waals surface area (Å²) in [5.74, 6) is 3.00. The summed E-state index contributed by atoms with van der Waals surface area (Å²) in [6.45, 7) is 3.82. The summed E-state index contributed by atoms with van der Waals surface area (Å²) in [5.41, 5.74) is 2.43. The number of rotatable bonds is 3. The summed E-state index contributed by atoms with van der Waals surface area (Å²) < 4.78 is 5.39. The van der Waals surface area contributed by atoms with Crippen molar-refractivity contribution in [2.75, 3.05) is 19.7 Å². The molecule has 1 spiro atoms. The minimum Gasteiger partial charge on any atom is -0.466 e. The van der Waals surface area contributed by atoms with E-state index in [1.54, 1.807) is 0 Å². The summed E-state index contributed by atoms with van der Waals surface area (Å²) in [6, 6.07) is 8.94. The third-order valence-corrected chi connectivity index (χ3v) is 9.60. The van der Waals surface area contributed by atoms with Gasteiger partial charge >= 0.3 is 12.0 Å². The van der Waals surface area contributed by atoms with Gasteiger partial charge in [-0.15, -0.1) is 0 Å². The molecule has 4 bridgehead atoms. The van der Waals surface area contributed by atoms with E-state index in [1.165, 1.54) is 37.7 Å². The average Bonchev–Trinajstić information content (AvgIpc) is 3.11. The van der Waals surface area contributed by atoms with Crippen LogP contribution in [0.15, 0.2) is 24.3 Å². The van der Waals surface area contributed by atoms with Crippen LogP contribution in [-0.2, 0) is 14.9 Å². The predicted octanol–water partition coefficient (Wildman–Crippen LogP) is 4.60. The number of hydrogen-bond donors (Lipinski definition) is 1. The smallest absolute Gasteiger partial charge is 0.317 e. The third kappa shape index (κ3) is 3.26. The summed E-state index contributed by atoms with van der Waals surface area (Å²) in [5, 5.41) is 3.49. The molecule has 1 aromatic carbocycles. The van der Waals surface area contributed by atoms with Crippen LogP contribution in [0.5, 0.6) is 0 Å². The SMILES string of the molecule is CCOC(=O)C1CC2(CCN(C(=O)NC3C4CC5CC(C4)CC3C5)CC2)c2ccccc21. The highest BCUT2D eigenvalue weighted by Gasteiger charge is 2.50. The molecule has 5 aliphatic carbocycles. The van der Waals surface area contributed by atoms with E-state index in [9.17, 15) is 9.59 Å². The Morgan fingerprint density at radius 1 is 1.03 bits per heavy atom. The Bertz CT molecular complexity index is 876. The number of carbonyl (C=O) groups is 2. The highest BCUT2D eigenvalue weighted by molar-refractivity contribution is 5.81. The van der Waals surface area contributed by atoms with Gasteiger partial charge in [-0.1, -0.05) is 24.3 Å². The summed E-state index contributed by atoms with van der Waals surface area (Å²) >= 11 is 0. The molecule has 7 rings (SSSR count). The number of ether oxygens (including phenoxy) is 1. The molecule has 1 unspecified atom stereocenters. The number of nitrogens with zero attached hydrogens (tertiary/aromatic N) is 1. The van der Waals surface area contributed by atoms with E-state index in [2.05, 4.69) is 23.5 Å². The van der Waals surface area contributed by atoms with Crippen LogP contribution >= 0.6 is 0 Å². The molecule has 32 heavy (non-hydrogen) atoms. The van der Waals surface area contributed by atoms with E-state index >= 15 is 0 Å².